The molecular weight excluding hydrogens is 356 g/mol. The molecule has 1 aromatic carbocycles. The Morgan fingerprint density at radius 1 is 1.40 bits per heavy atom. The zero-order valence-electron chi connectivity index (χ0n) is 11.2. The van der Waals surface area contributed by atoms with E-state index < -0.39 is 0 Å². The second kappa shape index (κ2) is 5.51. The van der Waals surface area contributed by atoms with Gasteiger partial charge in [-0.3, -0.25) is 0 Å². The van der Waals surface area contributed by atoms with Gasteiger partial charge < -0.3 is 4.57 Å². The Bertz CT molecular complexity index is 760. The number of nitrogens with zero attached hydrogens (tertiary/aromatic N) is 2. The van der Waals surface area contributed by atoms with Gasteiger partial charge in [-0.05, 0) is 52.9 Å². The fourth-order valence-electron chi connectivity index (χ4n) is 2.36. The van der Waals surface area contributed by atoms with Gasteiger partial charge in [0.15, 0.2) is 0 Å². The smallest absolute Gasteiger partial charge is 0.128 e. The number of rotatable bonds is 3. The van der Waals surface area contributed by atoms with E-state index in [0.29, 0.717) is 0 Å². The molecule has 5 heteroatoms. The highest BCUT2D eigenvalue weighted by Gasteiger charge is 2.17. The third kappa shape index (κ3) is 2.41. The molecule has 3 aromatic rings. The lowest BCUT2D eigenvalue weighted by molar-refractivity contribution is 0.749. The molecule has 0 fully saturated rings. The predicted octanol–water partition coefficient (Wildman–Crippen LogP) is 5.52. The second-order valence-corrected chi connectivity index (χ2v) is 7.32. The number of thiophene rings is 1. The van der Waals surface area contributed by atoms with Crippen molar-refractivity contribution in [2.75, 3.05) is 0 Å². The molecule has 2 heterocycles. The largest absolute Gasteiger partial charge is 0.321 e. The highest BCUT2D eigenvalue weighted by atomic mass is 79.9. The number of hydrogen-bond donors (Lipinski definition) is 0. The number of para-hydroxylation sites is 1. The minimum absolute atomic E-state index is 0.111. The Hall–Kier alpha value is -0.840. The monoisotopic (exact) mass is 368 g/mol. The predicted molar refractivity (Wildman–Crippen MR) is 89.9 cm³/mol. The van der Waals surface area contributed by atoms with E-state index in [1.165, 1.54) is 10.4 Å². The van der Waals surface area contributed by atoms with Crippen LogP contribution in [-0.2, 0) is 6.54 Å². The van der Waals surface area contributed by atoms with Crippen LogP contribution in [0.1, 0.15) is 28.6 Å². The zero-order valence-corrected chi connectivity index (χ0v) is 14.4. The van der Waals surface area contributed by atoms with Crippen LogP contribution in [0.5, 0.6) is 0 Å². The number of hydrogen-bond acceptors (Lipinski definition) is 2. The molecule has 1 unspecified atom stereocenters. The quantitative estimate of drug-likeness (QED) is 0.556. The summed E-state index contributed by atoms with van der Waals surface area (Å²) < 4.78 is 3.36. The topological polar surface area (TPSA) is 17.8 Å². The van der Waals surface area contributed by atoms with Crippen molar-refractivity contribution in [3.05, 3.63) is 50.4 Å². The van der Waals surface area contributed by atoms with E-state index in [4.69, 9.17) is 16.6 Å². The van der Waals surface area contributed by atoms with Crippen LogP contribution in [0, 0.1) is 6.92 Å². The van der Waals surface area contributed by atoms with Gasteiger partial charge >= 0.3 is 0 Å². The highest BCUT2D eigenvalue weighted by Crippen LogP contribution is 2.30. The van der Waals surface area contributed by atoms with E-state index in [2.05, 4.69) is 57.1 Å². The number of aryl methyl sites for hydroxylation is 1. The van der Waals surface area contributed by atoms with E-state index in [1.54, 1.807) is 11.3 Å². The van der Waals surface area contributed by atoms with Crippen LogP contribution < -0.4 is 0 Å². The van der Waals surface area contributed by atoms with Gasteiger partial charge in [0.2, 0.25) is 0 Å². The first-order valence-corrected chi connectivity index (χ1v) is 8.50. The third-order valence-corrected chi connectivity index (χ3v) is 5.46. The number of halogens is 2. The number of benzene rings is 1. The summed E-state index contributed by atoms with van der Waals surface area (Å²) >= 11 is 11.7. The molecule has 2 nitrogen and oxygen atoms in total. The van der Waals surface area contributed by atoms with Gasteiger partial charge in [-0.1, -0.05) is 12.1 Å². The Morgan fingerprint density at radius 3 is 2.85 bits per heavy atom. The number of imidazole rings is 1. The lowest BCUT2D eigenvalue weighted by Crippen LogP contribution is -2.05. The first-order valence-electron chi connectivity index (χ1n) is 6.39. The van der Waals surface area contributed by atoms with Crippen molar-refractivity contribution in [2.45, 2.75) is 25.8 Å². The van der Waals surface area contributed by atoms with Crippen molar-refractivity contribution in [3.63, 3.8) is 0 Å². The molecule has 0 aliphatic carbocycles. The summed E-state index contributed by atoms with van der Waals surface area (Å²) in [5.74, 6) is 0.927. The molecule has 0 saturated heterocycles. The third-order valence-electron chi connectivity index (χ3n) is 3.36. The highest BCUT2D eigenvalue weighted by molar-refractivity contribution is 9.10. The van der Waals surface area contributed by atoms with Crippen LogP contribution in [0.25, 0.3) is 11.0 Å². The van der Waals surface area contributed by atoms with Gasteiger partial charge in [0.1, 0.15) is 5.82 Å². The maximum absolute atomic E-state index is 6.32. The van der Waals surface area contributed by atoms with Crippen LogP contribution in [0.2, 0.25) is 0 Å². The summed E-state index contributed by atoms with van der Waals surface area (Å²) in [7, 11) is 0. The second-order valence-electron chi connectivity index (χ2n) is 4.81. The Kier molecular flexibility index (Phi) is 3.89. The average Bonchev–Trinajstić information content (AvgIpc) is 2.96. The minimum atomic E-state index is -0.111. The Balaban J connectivity index is 2.19. The normalized spacial score (nSPS) is 13.0. The van der Waals surface area contributed by atoms with Crippen LogP contribution in [0.15, 0.2) is 34.1 Å². The zero-order chi connectivity index (χ0) is 14.3. The molecule has 0 aliphatic heterocycles. The van der Waals surface area contributed by atoms with E-state index in [9.17, 15) is 0 Å². The summed E-state index contributed by atoms with van der Waals surface area (Å²) in [5.41, 5.74) is 3.38. The van der Waals surface area contributed by atoms with Gasteiger partial charge in [0.05, 0.1) is 23.0 Å². The first kappa shape index (κ1) is 14.1. The lowest BCUT2D eigenvalue weighted by atomic mass is 10.2. The van der Waals surface area contributed by atoms with Gasteiger partial charge in [0.25, 0.3) is 0 Å². The van der Waals surface area contributed by atoms with E-state index in [-0.39, 0.29) is 5.38 Å². The van der Waals surface area contributed by atoms with Crippen LogP contribution in [0.4, 0.5) is 0 Å². The molecule has 0 amide bonds. The SMILES string of the molecule is Cc1cccc2c1nc(C(C)Cl)n2Cc1sccc1Br. The average molecular weight is 370 g/mol. The van der Waals surface area contributed by atoms with Crippen molar-refractivity contribution >= 4 is 49.9 Å². The standard InChI is InChI=1S/C15H14BrClN2S/c1-9-4-3-5-12-14(9)18-15(10(2)17)19(12)8-13-11(16)6-7-20-13/h3-7,10H,8H2,1-2H3. The summed E-state index contributed by atoms with van der Waals surface area (Å²) in [6, 6.07) is 8.35. The fourth-order valence-corrected chi connectivity index (χ4v) is 3.99. The number of fused-ring (bicyclic) bond motifs is 1. The molecule has 0 spiro atoms. The molecular formula is C15H14BrClN2S. The molecule has 104 valence electrons. The Labute approximate surface area is 135 Å². The molecule has 20 heavy (non-hydrogen) atoms. The van der Waals surface area contributed by atoms with Crippen LogP contribution >= 0.6 is 38.9 Å². The van der Waals surface area contributed by atoms with Gasteiger partial charge in [-0.2, -0.15) is 0 Å². The summed E-state index contributed by atoms with van der Waals surface area (Å²) in [6.07, 6.45) is 0. The molecule has 1 atom stereocenters. The van der Waals surface area contributed by atoms with Crippen molar-refractivity contribution in [1.82, 2.24) is 9.55 Å². The van der Waals surface area contributed by atoms with Crippen LogP contribution in [0.3, 0.4) is 0 Å². The van der Waals surface area contributed by atoms with E-state index >= 15 is 0 Å². The molecule has 0 bridgehead atoms. The molecule has 0 aliphatic rings. The Morgan fingerprint density at radius 2 is 2.20 bits per heavy atom. The fraction of sp³-hybridized carbons (Fsp3) is 0.267. The maximum Gasteiger partial charge on any atom is 0.128 e. The number of aromatic nitrogens is 2. The summed E-state index contributed by atoms with van der Waals surface area (Å²) in [5, 5.41) is 1.98. The van der Waals surface area contributed by atoms with Gasteiger partial charge in [-0.15, -0.1) is 22.9 Å². The van der Waals surface area contributed by atoms with Crippen molar-refractivity contribution in [1.29, 1.82) is 0 Å². The molecule has 3 rings (SSSR count). The first-order chi connectivity index (χ1) is 9.58. The molecule has 2 aromatic heterocycles. The molecule has 0 N–H and O–H groups in total. The van der Waals surface area contributed by atoms with Gasteiger partial charge in [0, 0.05) is 9.35 Å². The maximum atomic E-state index is 6.32. The molecule has 0 radical (unpaired) electrons. The summed E-state index contributed by atoms with van der Waals surface area (Å²) in [4.78, 5) is 6.02. The molecule has 0 saturated carbocycles. The van der Waals surface area contributed by atoms with Crippen molar-refractivity contribution < 1.29 is 0 Å². The lowest BCUT2D eigenvalue weighted by Gasteiger charge is -2.10. The van der Waals surface area contributed by atoms with Gasteiger partial charge in [-0.25, -0.2) is 4.98 Å². The van der Waals surface area contributed by atoms with Crippen molar-refractivity contribution in [3.8, 4) is 0 Å². The van der Waals surface area contributed by atoms with Crippen LogP contribution in [-0.4, -0.2) is 9.55 Å². The number of alkyl halides is 1. The summed E-state index contributed by atoms with van der Waals surface area (Å²) in [6.45, 7) is 4.85. The minimum Gasteiger partial charge on any atom is -0.321 e. The van der Waals surface area contributed by atoms with Crippen molar-refractivity contribution in [2.24, 2.45) is 0 Å². The van der Waals surface area contributed by atoms with E-state index in [1.807, 2.05) is 6.92 Å². The van der Waals surface area contributed by atoms with E-state index in [0.717, 1.165) is 27.9 Å².